The topological polar surface area (TPSA) is 117 Å². The molecule has 2 aromatic carbocycles. The summed E-state index contributed by atoms with van der Waals surface area (Å²) in [5, 5.41) is 30.3. The van der Waals surface area contributed by atoms with Crippen LogP contribution >= 0.6 is 23.2 Å². The fraction of sp³-hybridized carbons (Fsp3) is 0.393. The summed E-state index contributed by atoms with van der Waals surface area (Å²) in [5.41, 5.74) is -1.83. The van der Waals surface area contributed by atoms with Gasteiger partial charge in [-0.25, -0.2) is 18.4 Å². The molecular formula is C28H26Cl2F5N5O5. The lowest BCUT2D eigenvalue weighted by Crippen LogP contribution is -2.56. The maximum atomic E-state index is 15.1. The van der Waals surface area contributed by atoms with Crippen LogP contribution in [0.1, 0.15) is 36.3 Å². The first-order chi connectivity index (χ1) is 21.2. The van der Waals surface area contributed by atoms with Crippen LogP contribution in [0.3, 0.4) is 0 Å². The lowest BCUT2D eigenvalue weighted by Gasteiger charge is -2.45. The summed E-state index contributed by atoms with van der Waals surface area (Å²) in [4.78, 5) is 4.28. The van der Waals surface area contributed by atoms with E-state index in [0.717, 1.165) is 28.9 Å². The van der Waals surface area contributed by atoms with E-state index in [2.05, 4.69) is 15.2 Å². The summed E-state index contributed by atoms with van der Waals surface area (Å²) in [6, 6.07) is 2.79. The fourth-order valence-electron chi connectivity index (χ4n) is 5.42. The Balaban J connectivity index is 1.65. The zero-order valence-electron chi connectivity index (χ0n) is 23.9. The van der Waals surface area contributed by atoms with Gasteiger partial charge in [0.05, 0.1) is 41.2 Å². The van der Waals surface area contributed by atoms with Gasteiger partial charge in [-0.05, 0) is 32.0 Å². The zero-order valence-corrected chi connectivity index (χ0v) is 25.4. The Bertz CT molecular complexity index is 1720. The van der Waals surface area contributed by atoms with Gasteiger partial charge in [0, 0.05) is 30.0 Å². The number of hydrogen-bond donors (Lipinski definition) is 2. The van der Waals surface area contributed by atoms with Crippen molar-refractivity contribution in [1.82, 2.24) is 24.5 Å². The van der Waals surface area contributed by atoms with Crippen molar-refractivity contribution in [1.29, 1.82) is 0 Å². The lowest BCUT2D eigenvalue weighted by atomic mass is 9.89. The van der Waals surface area contributed by atoms with Crippen molar-refractivity contribution in [2.24, 2.45) is 0 Å². The number of ether oxygens (including phenoxy) is 3. The van der Waals surface area contributed by atoms with Crippen molar-refractivity contribution in [3.63, 3.8) is 0 Å². The minimum atomic E-state index is -4.81. The van der Waals surface area contributed by atoms with Gasteiger partial charge in [-0.1, -0.05) is 23.2 Å². The molecule has 3 unspecified atom stereocenters. The number of rotatable bonds is 7. The van der Waals surface area contributed by atoms with Gasteiger partial charge in [0.2, 0.25) is 0 Å². The molecular weight excluding hydrogens is 652 g/mol. The number of aryl methyl sites for hydroxylation is 1. The van der Waals surface area contributed by atoms with Gasteiger partial charge >= 0.3 is 6.18 Å². The van der Waals surface area contributed by atoms with Crippen LogP contribution in [0.25, 0.3) is 16.8 Å². The van der Waals surface area contributed by atoms with Gasteiger partial charge < -0.3 is 24.4 Å². The molecule has 0 spiro atoms. The average Bonchev–Trinajstić information content (AvgIpc) is 3.61. The number of alkyl halides is 3. The van der Waals surface area contributed by atoms with E-state index in [1.165, 1.54) is 45.1 Å². The van der Waals surface area contributed by atoms with Crippen molar-refractivity contribution < 1.29 is 46.4 Å². The second kappa shape index (κ2) is 12.5. The summed E-state index contributed by atoms with van der Waals surface area (Å²) >= 11 is 11.8. The van der Waals surface area contributed by atoms with Gasteiger partial charge in [-0.2, -0.15) is 23.4 Å². The number of hydrogen-bond acceptors (Lipinski definition) is 8. The van der Waals surface area contributed by atoms with Crippen molar-refractivity contribution >= 4 is 23.2 Å². The molecule has 6 atom stereocenters. The maximum absolute atomic E-state index is 15.1. The van der Waals surface area contributed by atoms with Crippen LogP contribution in [-0.2, 0) is 15.7 Å². The van der Waals surface area contributed by atoms with E-state index in [1.54, 1.807) is 0 Å². The molecule has 1 saturated heterocycles. The van der Waals surface area contributed by atoms with Gasteiger partial charge in [-0.3, -0.25) is 4.68 Å². The number of aliphatic hydroxyl groups is 2. The molecule has 3 heterocycles. The van der Waals surface area contributed by atoms with Crippen LogP contribution in [0, 0.1) is 18.6 Å². The third-order valence-corrected chi connectivity index (χ3v) is 7.91. The van der Waals surface area contributed by atoms with Crippen LogP contribution in [0.15, 0.2) is 36.7 Å². The molecule has 1 aliphatic heterocycles. The third-order valence-electron chi connectivity index (χ3n) is 7.40. The number of benzene rings is 2. The summed E-state index contributed by atoms with van der Waals surface area (Å²) in [6.45, 7) is 2.82. The van der Waals surface area contributed by atoms with Crippen molar-refractivity contribution in [3.05, 3.63) is 75.6 Å². The third kappa shape index (κ3) is 6.00. The number of nitrogens with zero attached hydrogens (tertiary/aromatic N) is 5. The number of aliphatic hydroxyl groups excluding tert-OH is 2. The minimum Gasteiger partial charge on any atom is -0.496 e. The highest BCUT2D eigenvalue weighted by atomic mass is 35.5. The smallest absolute Gasteiger partial charge is 0.418 e. The highest BCUT2D eigenvalue weighted by Crippen LogP contribution is 2.43. The molecule has 0 radical (unpaired) electrons. The van der Waals surface area contributed by atoms with Crippen LogP contribution in [0.4, 0.5) is 22.0 Å². The molecule has 0 amide bonds. The molecule has 0 aliphatic carbocycles. The maximum Gasteiger partial charge on any atom is 0.418 e. The quantitative estimate of drug-likeness (QED) is 0.195. The van der Waals surface area contributed by atoms with E-state index in [0.29, 0.717) is 0 Å². The lowest BCUT2D eigenvalue weighted by molar-refractivity contribution is -0.230. The summed E-state index contributed by atoms with van der Waals surface area (Å²) in [6.07, 6.45) is -9.03. The Hall–Kier alpha value is -3.34. The Labute approximate surface area is 262 Å². The van der Waals surface area contributed by atoms with Gasteiger partial charge in [0.15, 0.2) is 17.5 Å². The van der Waals surface area contributed by atoms with E-state index < -0.39 is 70.6 Å². The van der Waals surface area contributed by atoms with E-state index in [-0.39, 0.29) is 33.5 Å². The molecule has 1 aliphatic rings. The van der Waals surface area contributed by atoms with Crippen molar-refractivity contribution in [3.8, 4) is 22.6 Å². The summed E-state index contributed by atoms with van der Waals surface area (Å²) < 4.78 is 90.5. The summed E-state index contributed by atoms with van der Waals surface area (Å²) in [5.74, 6) is -2.91. The van der Waals surface area contributed by atoms with Gasteiger partial charge in [-0.15, -0.1) is 0 Å². The first-order valence-electron chi connectivity index (χ1n) is 13.3. The largest absolute Gasteiger partial charge is 0.496 e. The minimum absolute atomic E-state index is 0.0215. The first-order valence-corrected chi connectivity index (χ1v) is 14.0. The number of methoxy groups -OCH3 is 2. The molecule has 10 nitrogen and oxygen atoms in total. The highest BCUT2D eigenvalue weighted by molar-refractivity contribution is 6.31. The fourth-order valence-corrected chi connectivity index (χ4v) is 5.77. The molecule has 45 heavy (non-hydrogen) atoms. The molecule has 0 bridgehead atoms. The highest BCUT2D eigenvalue weighted by Gasteiger charge is 2.51. The number of halogens is 7. The van der Waals surface area contributed by atoms with Crippen LogP contribution in [-0.4, -0.2) is 73.4 Å². The molecule has 4 aromatic rings. The predicted molar refractivity (Wildman–Crippen MR) is 150 cm³/mol. The van der Waals surface area contributed by atoms with Gasteiger partial charge in [0.1, 0.15) is 42.0 Å². The first kappa shape index (κ1) is 33.0. The van der Waals surface area contributed by atoms with Crippen molar-refractivity contribution in [2.45, 2.75) is 56.6 Å². The van der Waals surface area contributed by atoms with E-state index in [9.17, 15) is 27.8 Å². The zero-order chi connectivity index (χ0) is 33.0. The van der Waals surface area contributed by atoms with Crippen molar-refractivity contribution in [2.75, 3.05) is 14.2 Å². The normalized spacial score (nSPS) is 22.9. The molecule has 1 fully saturated rings. The van der Waals surface area contributed by atoms with Crippen LogP contribution in [0.2, 0.25) is 10.0 Å². The SMILES string of the molecule is COc1cc(Cl)c(F)c(F)c1-c1cnn(C2[C@@H](OC)C(C(C)O)O[C@@H](c3nc(C)nn3-c3cc(Cl)ccc3C(F)(F)F)[C@H]2O)c1. The predicted octanol–water partition coefficient (Wildman–Crippen LogP) is 5.49. The standard InChI is InChI=1S/C28H26Cl2F5N5O5/c1-11(41)24-25(44-4)22(39-10-13(9-36-39)19-18(43-3)8-16(30)20(31)21(19)32)23(42)26(45-24)27-37-12(2)38-40(27)17-7-14(29)5-6-15(17)28(33,34)35/h5-11,22-26,41-42H,1-4H3/t11?,22?,23-,24?,25+,26+/m0/s1. The average molecular weight is 678 g/mol. The molecule has 0 saturated carbocycles. The second-order valence-corrected chi connectivity index (χ2v) is 11.1. The molecule has 17 heteroatoms. The number of aromatic nitrogens is 5. The van der Waals surface area contributed by atoms with Crippen LogP contribution < -0.4 is 4.74 Å². The molecule has 5 rings (SSSR count). The Morgan fingerprint density at radius 1 is 1.11 bits per heavy atom. The molecule has 242 valence electrons. The van der Waals surface area contributed by atoms with E-state index >= 15 is 4.39 Å². The van der Waals surface area contributed by atoms with E-state index in [1.807, 2.05) is 0 Å². The van der Waals surface area contributed by atoms with E-state index in [4.69, 9.17) is 37.4 Å². The molecule has 2 aromatic heterocycles. The monoisotopic (exact) mass is 677 g/mol. The Morgan fingerprint density at radius 2 is 1.82 bits per heavy atom. The molecule has 2 N–H and O–H groups in total. The van der Waals surface area contributed by atoms with Crippen LogP contribution in [0.5, 0.6) is 5.75 Å². The summed E-state index contributed by atoms with van der Waals surface area (Å²) in [7, 11) is 2.53. The Morgan fingerprint density at radius 3 is 2.44 bits per heavy atom. The second-order valence-electron chi connectivity index (χ2n) is 10.3. The van der Waals surface area contributed by atoms with Gasteiger partial charge in [0.25, 0.3) is 0 Å². The Kier molecular flexibility index (Phi) is 9.14.